The van der Waals surface area contributed by atoms with Gasteiger partial charge in [-0.15, -0.1) is 0 Å². The Hall–Kier alpha value is -2.88. The zero-order chi connectivity index (χ0) is 16.5. The van der Waals surface area contributed by atoms with Crippen LogP contribution in [-0.2, 0) is 0 Å². The predicted molar refractivity (Wildman–Crippen MR) is 96.7 cm³/mol. The summed E-state index contributed by atoms with van der Waals surface area (Å²) in [5.41, 5.74) is 4.77. The van der Waals surface area contributed by atoms with Crippen molar-refractivity contribution in [1.29, 1.82) is 0 Å². The van der Waals surface area contributed by atoms with Crippen LogP contribution in [0.1, 0.15) is 42.5 Å². The Morgan fingerprint density at radius 1 is 1.00 bits per heavy atom. The van der Waals surface area contributed by atoms with Crippen LogP contribution in [0, 0.1) is 0 Å². The first-order valence-electron chi connectivity index (χ1n) is 8.26. The number of nitrogens with one attached hydrogen (secondary N) is 1. The number of hydrogen-bond acceptors (Lipinski definition) is 3. The summed E-state index contributed by atoms with van der Waals surface area (Å²) in [5.74, 6) is 1.30. The first-order valence-corrected chi connectivity index (χ1v) is 8.26. The summed E-state index contributed by atoms with van der Waals surface area (Å²) in [6, 6.07) is 19.1. The van der Waals surface area contributed by atoms with Gasteiger partial charge in [0.15, 0.2) is 0 Å². The summed E-state index contributed by atoms with van der Waals surface area (Å²) in [6.07, 6.45) is 3.81. The first kappa shape index (κ1) is 14.7. The van der Waals surface area contributed by atoms with E-state index >= 15 is 0 Å². The summed E-state index contributed by atoms with van der Waals surface area (Å²) in [6.45, 7) is 4.42. The van der Waals surface area contributed by atoms with E-state index in [4.69, 9.17) is 0 Å². The van der Waals surface area contributed by atoms with Crippen LogP contribution >= 0.6 is 0 Å². The van der Waals surface area contributed by atoms with Gasteiger partial charge in [-0.25, -0.2) is 4.68 Å². The van der Waals surface area contributed by atoms with Crippen LogP contribution in [0.15, 0.2) is 67.0 Å². The van der Waals surface area contributed by atoms with E-state index < -0.39 is 0 Å². The molecule has 0 saturated carbocycles. The molecule has 4 heteroatoms. The van der Waals surface area contributed by atoms with Crippen molar-refractivity contribution in [2.24, 2.45) is 0 Å². The minimum atomic E-state index is 0.0418. The van der Waals surface area contributed by atoms with Crippen LogP contribution in [0.5, 0.6) is 0 Å². The third kappa shape index (κ3) is 2.60. The quantitative estimate of drug-likeness (QED) is 0.776. The van der Waals surface area contributed by atoms with Crippen molar-refractivity contribution in [3.63, 3.8) is 0 Å². The Labute approximate surface area is 141 Å². The van der Waals surface area contributed by atoms with E-state index in [9.17, 15) is 0 Å². The Balaban J connectivity index is 1.76. The summed E-state index contributed by atoms with van der Waals surface area (Å²) in [5, 5.41) is 7.77. The number of nitrogens with zero attached hydrogens (tertiary/aromatic N) is 3. The molecule has 24 heavy (non-hydrogen) atoms. The van der Waals surface area contributed by atoms with Gasteiger partial charge in [0.25, 0.3) is 0 Å². The second-order valence-corrected chi connectivity index (χ2v) is 6.37. The average molecular weight is 316 g/mol. The van der Waals surface area contributed by atoms with Crippen LogP contribution in [0.3, 0.4) is 0 Å². The molecule has 1 atom stereocenters. The second-order valence-electron chi connectivity index (χ2n) is 6.37. The number of allylic oxidation sites excluding steroid dienone is 1. The fraction of sp³-hybridized carbons (Fsp3) is 0.200. The zero-order valence-electron chi connectivity index (χ0n) is 13.8. The van der Waals surface area contributed by atoms with Crippen LogP contribution in [0.25, 0.3) is 5.70 Å². The molecular weight excluding hydrogens is 296 g/mol. The molecule has 2 aromatic carbocycles. The lowest BCUT2D eigenvalue weighted by Gasteiger charge is -2.24. The number of aromatic nitrogens is 3. The Kier molecular flexibility index (Phi) is 3.65. The Bertz CT molecular complexity index is 860. The minimum Gasteiger partial charge on any atom is -0.324 e. The molecule has 2 heterocycles. The number of hydrogen-bond donors (Lipinski definition) is 1. The van der Waals surface area contributed by atoms with E-state index in [1.807, 2.05) is 22.9 Å². The molecule has 0 radical (unpaired) electrons. The fourth-order valence-electron chi connectivity index (χ4n) is 3.04. The molecule has 1 aromatic heterocycles. The van der Waals surface area contributed by atoms with Crippen LogP contribution in [0.4, 0.5) is 5.95 Å². The van der Waals surface area contributed by atoms with E-state index in [0.717, 1.165) is 17.2 Å². The van der Waals surface area contributed by atoms with Crippen molar-refractivity contribution < 1.29 is 0 Å². The van der Waals surface area contributed by atoms with Gasteiger partial charge in [-0.2, -0.15) is 10.1 Å². The minimum absolute atomic E-state index is 0.0418. The topological polar surface area (TPSA) is 42.7 Å². The van der Waals surface area contributed by atoms with Crippen molar-refractivity contribution in [1.82, 2.24) is 14.8 Å². The van der Waals surface area contributed by atoms with Crippen molar-refractivity contribution in [2.75, 3.05) is 5.32 Å². The van der Waals surface area contributed by atoms with Gasteiger partial charge in [-0.05, 0) is 28.7 Å². The van der Waals surface area contributed by atoms with Gasteiger partial charge in [0.1, 0.15) is 12.4 Å². The van der Waals surface area contributed by atoms with Crippen molar-refractivity contribution >= 4 is 11.6 Å². The van der Waals surface area contributed by atoms with E-state index in [0.29, 0.717) is 5.92 Å². The maximum Gasteiger partial charge on any atom is 0.226 e. The predicted octanol–water partition coefficient (Wildman–Crippen LogP) is 4.46. The maximum absolute atomic E-state index is 4.40. The molecule has 120 valence electrons. The van der Waals surface area contributed by atoms with E-state index in [1.54, 1.807) is 6.33 Å². The van der Waals surface area contributed by atoms with Crippen LogP contribution < -0.4 is 5.32 Å². The largest absolute Gasteiger partial charge is 0.324 e. The molecule has 1 unspecified atom stereocenters. The van der Waals surface area contributed by atoms with Crippen molar-refractivity contribution in [3.8, 4) is 0 Å². The molecule has 4 nitrogen and oxygen atoms in total. The van der Waals surface area contributed by atoms with Gasteiger partial charge in [0.2, 0.25) is 5.95 Å². The molecular formula is C20H20N4. The third-order valence-corrected chi connectivity index (χ3v) is 4.44. The lowest BCUT2D eigenvalue weighted by molar-refractivity contribution is 0.611. The molecule has 1 aliphatic rings. The number of fused-ring (bicyclic) bond motifs is 1. The van der Waals surface area contributed by atoms with Gasteiger partial charge in [-0.3, -0.25) is 0 Å². The van der Waals surface area contributed by atoms with Crippen LogP contribution in [-0.4, -0.2) is 14.8 Å². The summed E-state index contributed by atoms with van der Waals surface area (Å²) in [4.78, 5) is 4.35. The monoisotopic (exact) mass is 316 g/mol. The molecule has 1 aliphatic heterocycles. The molecule has 0 spiro atoms. The molecule has 0 aliphatic carbocycles. The highest BCUT2D eigenvalue weighted by atomic mass is 15.4. The highest BCUT2D eigenvalue weighted by molar-refractivity contribution is 5.77. The highest BCUT2D eigenvalue weighted by Crippen LogP contribution is 2.32. The molecule has 0 fully saturated rings. The van der Waals surface area contributed by atoms with Gasteiger partial charge in [0, 0.05) is 5.70 Å². The molecule has 3 aromatic rings. The highest BCUT2D eigenvalue weighted by Gasteiger charge is 2.23. The van der Waals surface area contributed by atoms with Gasteiger partial charge in [-0.1, -0.05) is 68.4 Å². The average Bonchev–Trinajstić information content (AvgIpc) is 3.10. The van der Waals surface area contributed by atoms with Gasteiger partial charge < -0.3 is 5.32 Å². The zero-order valence-corrected chi connectivity index (χ0v) is 13.8. The summed E-state index contributed by atoms with van der Waals surface area (Å²) >= 11 is 0. The van der Waals surface area contributed by atoms with Gasteiger partial charge >= 0.3 is 0 Å². The second kappa shape index (κ2) is 5.96. The molecule has 0 bridgehead atoms. The Morgan fingerprint density at radius 3 is 2.46 bits per heavy atom. The molecule has 1 N–H and O–H groups in total. The standard InChI is InChI=1S/C20H20N4/c1-14(2)15-8-10-17(11-9-15)19-12-18(16-6-4-3-5-7-16)23-20-21-13-22-24(19)20/h3-14,19H,1-2H3,(H,21,22,23). The van der Waals surface area contributed by atoms with Gasteiger partial charge in [0.05, 0.1) is 0 Å². The van der Waals surface area contributed by atoms with Crippen molar-refractivity contribution in [3.05, 3.63) is 83.7 Å². The molecule has 0 saturated heterocycles. The van der Waals surface area contributed by atoms with E-state index in [1.165, 1.54) is 11.1 Å². The number of anilines is 1. The fourth-order valence-corrected chi connectivity index (χ4v) is 3.04. The normalized spacial score (nSPS) is 16.5. The number of rotatable bonds is 3. The maximum atomic E-state index is 4.40. The summed E-state index contributed by atoms with van der Waals surface area (Å²) in [7, 11) is 0. The smallest absolute Gasteiger partial charge is 0.226 e. The first-order chi connectivity index (χ1) is 11.7. The third-order valence-electron chi connectivity index (χ3n) is 4.44. The number of benzene rings is 2. The summed E-state index contributed by atoms with van der Waals surface area (Å²) < 4.78 is 1.93. The lowest BCUT2D eigenvalue weighted by Crippen LogP contribution is -2.20. The SMILES string of the molecule is CC(C)c1ccc(C2C=C(c3ccccc3)Nc3ncnn32)cc1. The van der Waals surface area contributed by atoms with E-state index in [-0.39, 0.29) is 6.04 Å². The molecule has 4 rings (SSSR count). The molecule has 0 amide bonds. The lowest BCUT2D eigenvalue weighted by atomic mass is 9.97. The van der Waals surface area contributed by atoms with Crippen molar-refractivity contribution in [2.45, 2.75) is 25.8 Å². The van der Waals surface area contributed by atoms with Crippen LogP contribution in [0.2, 0.25) is 0 Å². The Morgan fingerprint density at radius 2 is 1.75 bits per heavy atom. The van der Waals surface area contributed by atoms with E-state index in [2.05, 4.69) is 71.7 Å².